The predicted molar refractivity (Wildman–Crippen MR) is 62.1 cm³/mol. The van der Waals surface area contributed by atoms with Gasteiger partial charge in [-0.1, -0.05) is 13.2 Å². The van der Waals surface area contributed by atoms with E-state index in [0.717, 1.165) is 6.26 Å². The van der Waals surface area contributed by atoms with Gasteiger partial charge in [-0.15, -0.1) is 0 Å². The number of carboxylic acid groups (broad SMARTS) is 1. The fourth-order valence-corrected chi connectivity index (χ4v) is 0.572. The third kappa shape index (κ3) is 8.63. The number of rotatable bonds is 6. The minimum absolute atomic E-state index is 0.182. The summed E-state index contributed by atoms with van der Waals surface area (Å²) >= 11 is 0. The molecule has 0 amide bonds. The molecule has 0 aliphatic rings. The third-order valence-electron chi connectivity index (χ3n) is 1.65. The Kier molecular flexibility index (Phi) is 9.04. The zero-order valence-electron chi connectivity index (χ0n) is 10.9. The molecular formula is C11H14F4O6. The molecule has 0 aliphatic carbocycles. The minimum atomic E-state index is -4.62. The van der Waals surface area contributed by atoms with Crippen LogP contribution < -0.4 is 0 Å². The second-order valence-electron chi connectivity index (χ2n) is 3.47. The predicted octanol–water partition coefficient (Wildman–Crippen LogP) is 2.19. The molecule has 0 bridgehead atoms. The van der Waals surface area contributed by atoms with Gasteiger partial charge in [-0.25, -0.2) is 9.59 Å². The number of hydrogen-bond donors (Lipinski definition) is 2. The highest BCUT2D eigenvalue weighted by Crippen LogP contribution is 2.33. The van der Waals surface area contributed by atoms with E-state index in [9.17, 15) is 27.2 Å². The van der Waals surface area contributed by atoms with E-state index in [1.54, 1.807) is 0 Å². The number of hydrogen-bond acceptors (Lipinski definition) is 5. The highest BCUT2D eigenvalue weighted by atomic mass is 19.3. The van der Waals surface area contributed by atoms with Gasteiger partial charge in [-0.05, 0) is 6.92 Å². The van der Waals surface area contributed by atoms with E-state index in [-0.39, 0.29) is 5.57 Å². The first-order valence-electron chi connectivity index (χ1n) is 5.11. The summed E-state index contributed by atoms with van der Waals surface area (Å²) in [6, 6.07) is 0. The van der Waals surface area contributed by atoms with E-state index >= 15 is 0 Å². The quantitative estimate of drug-likeness (QED) is 0.337. The van der Waals surface area contributed by atoms with Crippen LogP contribution in [0.1, 0.15) is 6.92 Å². The first-order chi connectivity index (χ1) is 9.41. The highest BCUT2D eigenvalue weighted by Gasteiger charge is 2.56. The van der Waals surface area contributed by atoms with Crippen LogP contribution in [-0.2, 0) is 14.3 Å². The van der Waals surface area contributed by atoms with Gasteiger partial charge in [0.05, 0.1) is 6.26 Å². The summed E-state index contributed by atoms with van der Waals surface area (Å²) in [4.78, 5) is 19.9. The number of carbonyl (C=O) groups is 2. The average molecular weight is 318 g/mol. The van der Waals surface area contributed by atoms with Crippen LogP contribution in [0.4, 0.5) is 22.4 Å². The molecule has 0 aromatic rings. The van der Waals surface area contributed by atoms with Gasteiger partial charge >= 0.3 is 24.0 Å². The van der Waals surface area contributed by atoms with Gasteiger partial charge in [0.25, 0.3) is 0 Å². The lowest BCUT2D eigenvalue weighted by Gasteiger charge is -2.24. The van der Waals surface area contributed by atoms with Crippen LogP contribution >= 0.6 is 0 Å². The van der Waals surface area contributed by atoms with Crippen molar-refractivity contribution in [3.63, 3.8) is 0 Å². The second-order valence-corrected chi connectivity index (χ2v) is 3.47. The van der Waals surface area contributed by atoms with Crippen molar-refractivity contribution in [1.29, 1.82) is 0 Å². The Bertz CT molecular complexity index is 394. The van der Waals surface area contributed by atoms with E-state index in [4.69, 9.17) is 10.2 Å². The number of ether oxygens (including phenoxy) is 2. The summed E-state index contributed by atoms with van der Waals surface area (Å²) in [6.07, 6.45) is -0.479. The average Bonchev–Trinajstić information content (AvgIpc) is 2.36. The molecule has 21 heavy (non-hydrogen) atoms. The lowest BCUT2D eigenvalue weighted by Crippen LogP contribution is -2.47. The Balaban J connectivity index is 0. The number of aliphatic hydroxyl groups excluding tert-OH is 1. The van der Waals surface area contributed by atoms with Crippen LogP contribution in [-0.4, -0.2) is 47.4 Å². The van der Waals surface area contributed by atoms with E-state index in [1.165, 1.54) is 6.92 Å². The lowest BCUT2D eigenvalue weighted by molar-refractivity contribution is -0.243. The van der Waals surface area contributed by atoms with E-state index in [1.807, 2.05) is 0 Å². The standard InChI is InChI=1S/C8H10F4O3.C3H4O3/c1-5(2)6(14)15-4-8(11,12)7(9,10)3-13;1-2-6-3(4)5/h13H,1,3-4H2,2H3;2H,1H2,(H,4,5). The Morgan fingerprint density at radius 2 is 1.71 bits per heavy atom. The van der Waals surface area contributed by atoms with Crippen molar-refractivity contribution in [2.75, 3.05) is 13.2 Å². The molecule has 0 rings (SSSR count). The number of alkyl halides is 4. The fourth-order valence-electron chi connectivity index (χ4n) is 0.572. The van der Waals surface area contributed by atoms with E-state index in [2.05, 4.69) is 22.6 Å². The molecule has 0 heterocycles. The van der Waals surface area contributed by atoms with Gasteiger partial charge in [-0.3, -0.25) is 0 Å². The number of esters is 1. The molecule has 10 heteroatoms. The lowest BCUT2D eigenvalue weighted by atomic mass is 10.2. The fraction of sp³-hybridized carbons (Fsp3) is 0.455. The maximum atomic E-state index is 12.6. The molecule has 6 nitrogen and oxygen atoms in total. The van der Waals surface area contributed by atoms with Crippen molar-refractivity contribution in [2.45, 2.75) is 18.8 Å². The molecule has 122 valence electrons. The number of aliphatic hydroxyl groups is 1. The Labute approximate surface area is 117 Å². The molecule has 0 saturated carbocycles. The molecule has 2 N–H and O–H groups in total. The SMILES string of the molecule is C=C(C)C(=O)OCC(F)(F)C(F)(F)CO.C=COC(=O)O. The van der Waals surface area contributed by atoms with Gasteiger partial charge in [0.15, 0.2) is 6.61 Å². The third-order valence-corrected chi connectivity index (χ3v) is 1.65. The van der Waals surface area contributed by atoms with Crippen LogP contribution in [0.5, 0.6) is 0 Å². The molecule has 0 atom stereocenters. The van der Waals surface area contributed by atoms with Gasteiger partial charge in [0, 0.05) is 5.57 Å². The summed E-state index contributed by atoms with van der Waals surface area (Å²) in [6.45, 7) is 3.44. The van der Waals surface area contributed by atoms with E-state index < -0.39 is 37.2 Å². The van der Waals surface area contributed by atoms with Crippen molar-refractivity contribution < 1.29 is 46.8 Å². The van der Waals surface area contributed by atoms with Crippen LogP contribution in [0.15, 0.2) is 25.0 Å². The van der Waals surface area contributed by atoms with Crippen LogP contribution in [0, 0.1) is 0 Å². The first-order valence-corrected chi connectivity index (χ1v) is 5.11. The molecular weight excluding hydrogens is 304 g/mol. The number of halogens is 4. The van der Waals surface area contributed by atoms with E-state index in [0.29, 0.717) is 0 Å². The van der Waals surface area contributed by atoms with Crippen molar-refractivity contribution in [3.8, 4) is 0 Å². The monoisotopic (exact) mass is 318 g/mol. The van der Waals surface area contributed by atoms with Crippen molar-refractivity contribution in [1.82, 2.24) is 0 Å². The Hall–Kier alpha value is -2.10. The van der Waals surface area contributed by atoms with Gasteiger partial charge in [-0.2, -0.15) is 17.6 Å². The number of carbonyl (C=O) groups excluding carboxylic acids is 1. The van der Waals surface area contributed by atoms with Gasteiger partial charge in [0.1, 0.15) is 6.61 Å². The maximum Gasteiger partial charge on any atom is 0.510 e. The summed E-state index contributed by atoms with van der Waals surface area (Å²) in [5.41, 5.74) is -0.182. The second kappa shape index (κ2) is 8.95. The molecule has 0 radical (unpaired) electrons. The first kappa shape index (κ1) is 21.2. The normalized spacial score (nSPS) is 10.8. The van der Waals surface area contributed by atoms with Crippen LogP contribution in [0.3, 0.4) is 0 Å². The smallest absolute Gasteiger partial charge is 0.456 e. The summed E-state index contributed by atoms with van der Waals surface area (Å²) in [7, 11) is 0. The van der Waals surface area contributed by atoms with Gasteiger partial charge < -0.3 is 19.7 Å². The molecule has 0 spiro atoms. The highest BCUT2D eigenvalue weighted by molar-refractivity contribution is 5.86. The zero-order chi connectivity index (χ0) is 17.3. The molecule has 0 fully saturated rings. The summed E-state index contributed by atoms with van der Waals surface area (Å²) < 4.78 is 57.6. The summed E-state index contributed by atoms with van der Waals surface area (Å²) in [5, 5.41) is 15.6. The van der Waals surface area contributed by atoms with Crippen molar-refractivity contribution >= 4 is 12.1 Å². The van der Waals surface area contributed by atoms with Gasteiger partial charge in [0.2, 0.25) is 0 Å². The maximum absolute atomic E-state index is 12.6. The van der Waals surface area contributed by atoms with Crippen LogP contribution in [0.25, 0.3) is 0 Å². The topological polar surface area (TPSA) is 93.1 Å². The Morgan fingerprint density at radius 3 is 1.95 bits per heavy atom. The molecule has 0 saturated heterocycles. The Morgan fingerprint density at radius 1 is 1.24 bits per heavy atom. The molecule has 0 aromatic carbocycles. The molecule has 0 aromatic heterocycles. The molecule has 0 unspecified atom stereocenters. The molecule has 0 aliphatic heterocycles. The minimum Gasteiger partial charge on any atom is -0.456 e. The van der Waals surface area contributed by atoms with Crippen LogP contribution in [0.2, 0.25) is 0 Å². The summed E-state index contributed by atoms with van der Waals surface area (Å²) in [5.74, 6) is -10.4. The zero-order valence-corrected chi connectivity index (χ0v) is 10.9. The van der Waals surface area contributed by atoms with Crippen molar-refractivity contribution in [2.24, 2.45) is 0 Å². The largest absolute Gasteiger partial charge is 0.510 e. The van der Waals surface area contributed by atoms with Crippen molar-refractivity contribution in [3.05, 3.63) is 25.0 Å².